The van der Waals surface area contributed by atoms with Gasteiger partial charge in [-0.3, -0.25) is 4.79 Å². The molecular weight excluding hydrogens is 285 g/mol. The minimum Gasteiger partial charge on any atom is -0.489 e. The van der Waals surface area contributed by atoms with Crippen molar-refractivity contribution in [2.75, 3.05) is 6.61 Å². The fourth-order valence-corrected chi connectivity index (χ4v) is 2.00. The first-order chi connectivity index (χ1) is 10.1. The molecule has 0 bridgehead atoms. The fourth-order valence-electron chi connectivity index (χ4n) is 2.00. The molecular formula is C15H9F3O3. The van der Waals surface area contributed by atoms with E-state index in [1.807, 2.05) is 0 Å². The number of fused-ring (bicyclic) bond motifs is 1. The summed E-state index contributed by atoms with van der Waals surface area (Å²) < 4.78 is 49.8. The van der Waals surface area contributed by atoms with Crippen LogP contribution in [0.25, 0.3) is 0 Å². The summed E-state index contributed by atoms with van der Waals surface area (Å²) in [7, 11) is 0. The van der Waals surface area contributed by atoms with Gasteiger partial charge in [0, 0.05) is 11.6 Å². The van der Waals surface area contributed by atoms with Crippen LogP contribution in [-0.4, -0.2) is 12.4 Å². The SMILES string of the molecule is O=C1COc2cc(OCc3ccc(F)c(F)c3F)ccc21. The van der Waals surface area contributed by atoms with Crippen LogP contribution in [-0.2, 0) is 6.61 Å². The van der Waals surface area contributed by atoms with E-state index >= 15 is 0 Å². The summed E-state index contributed by atoms with van der Waals surface area (Å²) in [6.45, 7) is -0.285. The molecule has 2 aromatic rings. The molecule has 6 heteroatoms. The quantitative estimate of drug-likeness (QED) is 0.815. The zero-order valence-electron chi connectivity index (χ0n) is 10.7. The molecule has 3 rings (SSSR count). The van der Waals surface area contributed by atoms with Crippen LogP contribution in [0.15, 0.2) is 30.3 Å². The van der Waals surface area contributed by atoms with E-state index in [9.17, 15) is 18.0 Å². The van der Waals surface area contributed by atoms with Crippen molar-refractivity contribution in [2.24, 2.45) is 0 Å². The van der Waals surface area contributed by atoms with Gasteiger partial charge >= 0.3 is 0 Å². The maximum Gasteiger partial charge on any atom is 0.203 e. The molecule has 1 aliphatic heterocycles. The van der Waals surface area contributed by atoms with Crippen LogP contribution in [0.3, 0.4) is 0 Å². The Balaban J connectivity index is 1.77. The number of carbonyl (C=O) groups is 1. The molecule has 1 heterocycles. The predicted octanol–water partition coefficient (Wildman–Crippen LogP) is 3.26. The number of rotatable bonds is 3. The van der Waals surface area contributed by atoms with E-state index in [2.05, 4.69) is 0 Å². The highest BCUT2D eigenvalue weighted by Gasteiger charge is 2.21. The normalized spacial score (nSPS) is 13.0. The number of ether oxygens (including phenoxy) is 2. The van der Waals surface area contributed by atoms with E-state index in [4.69, 9.17) is 9.47 Å². The molecule has 0 amide bonds. The van der Waals surface area contributed by atoms with Crippen LogP contribution in [0.2, 0.25) is 0 Å². The van der Waals surface area contributed by atoms with Crippen LogP contribution in [0, 0.1) is 17.5 Å². The third-order valence-electron chi connectivity index (χ3n) is 3.12. The van der Waals surface area contributed by atoms with Crippen LogP contribution >= 0.6 is 0 Å². The molecule has 0 saturated carbocycles. The van der Waals surface area contributed by atoms with E-state index in [0.717, 1.165) is 12.1 Å². The average Bonchev–Trinajstić information content (AvgIpc) is 2.85. The third-order valence-corrected chi connectivity index (χ3v) is 3.12. The van der Waals surface area contributed by atoms with Crippen LogP contribution in [0.4, 0.5) is 13.2 Å². The lowest BCUT2D eigenvalue weighted by Crippen LogP contribution is -2.02. The van der Waals surface area contributed by atoms with E-state index in [0.29, 0.717) is 17.1 Å². The minimum atomic E-state index is -1.53. The summed E-state index contributed by atoms with van der Waals surface area (Å²) in [4.78, 5) is 11.4. The van der Waals surface area contributed by atoms with Gasteiger partial charge in [0.25, 0.3) is 0 Å². The van der Waals surface area contributed by atoms with Gasteiger partial charge in [-0.05, 0) is 24.3 Å². The smallest absolute Gasteiger partial charge is 0.203 e. The Kier molecular flexibility index (Phi) is 3.29. The molecule has 0 fully saturated rings. The monoisotopic (exact) mass is 294 g/mol. The summed E-state index contributed by atoms with van der Waals surface area (Å²) in [5.74, 6) is -3.44. The standard InChI is InChI=1S/C15H9F3O3/c16-11-4-1-8(14(17)15(11)18)6-20-9-2-3-10-12(19)7-21-13(10)5-9/h1-5H,6-7H2. The zero-order valence-corrected chi connectivity index (χ0v) is 10.7. The zero-order chi connectivity index (χ0) is 15.0. The Labute approximate surface area is 117 Å². The van der Waals surface area contributed by atoms with Gasteiger partial charge in [0.05, 0.1) is 5.56 Å². The van der Waals surface area contributed by atoms with Crippen LogP contribution < -0.4 is 9.47 Å². The van der Waals surface area contributed by atoms with Gasteiger partial charge in [0.15, 0.2) is 24.1 Å². The molecule has 108 valence electrons. The van der Waals surface area contributed by atoms with Gasteiger partial charge in [0.1, 0.15) is 18.1 Å². The van der Waals surface area contributed by atoms with Crippen LogP contribution in [0.1, 0.15) is 15.9 Å². The van der Waals surface area contributed by atoms with Gasteiger partial charge in [-0.2, -0.15) is 0 Å². The van der Waals surface area contributed by atoms with Gasteiger partial charge in [-0.25, -0.2) is 13.2 Å². The number of hydrogen-bond acceptors (Lipinski definition) is 3. The van der Waals surface area contributed by atoms with Crippen LogP contribution in [0.5, 0.6) is 11.5 Å². The molecule has 0 aliphatic carbocycles. The van der Waals surface area contributed by atoms with Crippen molar-refractivity contribution in [3.05, 3.63) is 58.9 Å². The first kappa shape index (κ1) is 13.5. The number of halogens is 3. The number of hydrogen-bond donors (Lipinski definition) is 0. The van der Waals surface area contributed by atoms with E-state index in [-0.39, 0.29) is 24.6 Å². The number of Topliss-reactive ketones (excluding diaryl/α,β-unsaturated/α-hetero) is 1. The lowest BCUT2D eigenvalue weighted by atomic mass is 10.1. The Bertz CT molecular complexity index is 728. The van der Waals surface area contributed by atoms with Gasteiger partial charge in [-0.1, -0.05) is 0 Å². The highest BCUT2D eigenvalue weighted by Crippen LogP contribution is 2.30. The van der Waals surface area contributed by atoms with Crippen molar-refractivity contribution in [3.8, 4) is 11.5 Å². The second-order valence-electron chi connectivity index (χ2n) is 4.49. The van der Waals surface area contributed by atoms with E-state index < -0.39 is 17.5 Å². The largest absolute Gasteiger partial charge is 0.489 e. The molecule has 0 N–H and O–H groups in total. The minimum absolute atomic E-state index is 0.0173. The molecule has 21 heavy (non-hydrogen) atoms. The molecule has 0 atom stereocenters. The Hall–Kier alpha value is -2.50. The number of ketones is 1. The molecule has 0 aromatic heterocycles. The third kappa shape index (κ3) is 2.44. The summed E-state index contributed by atoms with van der Waals surface area (Å²) in [5.41, 5.74) is 0.354. The molecule has 1 aliphatic rings. The highest BCUT2D eigenvalue weighted by molar-refractivity contribution is 6.02. The van der Waals surface area contributed by atoms with Gasteiger partial charge in [-0.15, -0.1) is 0 Å². The van der Waals surface area contributed by atoms with Gasteiger partial charge in [0.2, 0.25) is 5.78 Å². The lowest BCUT2D eigenvalue weighted by molar-refractivity contribution is 0.0961. The lowest BCUT2D eigenvalue weighted by Gasteiger charge is -2.09. The predicted molar refractivity (Wildman–Crippen MR) is 66.9 cm³/mol. The first-order valence-corrected chi connectivity index (χ1v) is 6.11. The first-order valence-electron chi connectivity index (χ1n) is 6.11. The summed E-state index contributed by atoms with van der Waals surface area (Å²) >= 11 is 0. The second kappa shape index (κ2) is 5.12. The number of benzene rings is 2. The van der Waals surface area contributed by atoms with E-state index in [1.54, 1.807) is 6.07 Å². The summed E-state index contributed by atoms with van der Waals surface area (Å²) in [5, 5.41) is 0. The van der Waals surface area contributed by atoms with Crippen molar-refractivity contribution in [3.63, 3.8) is 0 Å². The summed E-state index contributed by atoms with van der Waals surface area (Å²) in [6.07, 6.45) is 0. The Morgan fingerprint density at radius 1 is 1.10 bits per heavy atom. The maximum absolute atomic E-state index is 13.5. The molecule has 0 saturated heterocycles. The Morgan fingerprint density at radius 2 is 1.90 bits per heavy atom. The maximum atomic E-state index is 13.5. The molecule has 3 nitrogen and oxygen atoms in total. The van der Waals surface area contributed by atoms with Gasteiger partial charge < -0.3 is 9.47 Å². The van der Waals surface area contributed by atoms with E-state index in [1.165, 1.54) is 12.1 Å². The molecule has 0 unspecified atom stereocenters. The summed E-state index contributed by atoms with van der Waals surface area (Å²) in [6, 6.07) is 6.52. The highest BCUT2D eigenvalue weighted by atomic mass is 19.2. The number of carbonyl (C=O) groups excluding carboxylic acids is 1. The van der Waals surface area contributed by atoms with Crippen molar-refractivity contribution in [1.82, 2.24) is 0 Å². The topological polar surface area (TPSA) is 35.5 Å². The second-order valence-corrected chi connectivity index (χ2v) is 4.49. The Morgan fingerprint density at radius 3 is 2.71 bits per heavy atom. The molecule has 2 aromatic carbocycles. The van der Waals surface area contributed by atoms with Crippen molar-refractivity contribution in [1.29, 1.82) is 0 Å². The molecule has 0 spiro atoms. The molecule has 0 radical (unpaired) electrons. The average molecular weight is 294 g/mol. The van der Waals surface area contributed by atoms with Crippen molar-refractivity contribution in [2.45, 2.75) is 6.61 Å². The van der Waals surface area contributed by atoms with Crippen molar-refractivity contribution < 1.29 is 27.4 Å². The fraction of sp³-hybridized carbons (Fsp3) is 0.133. The van der Waals surface area contributed by atoms with Crippen molar-refractivity contribution >= 4 is 5.78 Å².